The molecule has 0 unspecified atom stereocenters. The molecule has 1 saturated carbocycles. The molecule has 2 heterocycles. The van der Waals surface area contributed by atoms with Crippen LogP contribution in [-0.2, 0) is 6.54 Å². The summed E-state index contributed by atoms with van der Waals surface area (Å²) < 4.78 is 1.61. The summed E-state index contributed by atoms with van der Waals surface area (Å²) in [5.41, 5.74) is -0.197. The van der Waals surface area contributed by atoms with Gasteiger partial charge in [0.05, 0.1) is 0 Å². The van der Waals surface area contributed by atoms with Gasteiger partial charge in [0.1, 0.15) is 16.0 Å². The van der Waals surface area contributed by atoms with Crippen LogP contribution in [0.5, 0.6) is 0 Å². The van der Waals surface area contributed by atoms with Gasteiger partial charge in [0, 0.05) is 18.5 Å². The minimum atomic E-state index is -0.197. The van der Waals surface area contributed by atoms with Crippen molar-refractivity contribution in [3.8, 4) is 0 Å². The smallest absolute Gasteiger partial charge is 0.270 e. The third-order valence-corrected chi connectivity index (χ3v) is 4.10. The molecular formula is C12H14ClN5OS. The zero-order valence-electron chi connectivity index (χ0n) is 11.0. The Hall–Kier alpha value is -1.34. The molecule has 6 nitrogen and oxygen atoms in total. The summed E-state index contributed by atoms with van der Waals surface area (Å²) in [6, 6.07) is 1.70. The summed E-state index contributed by atoms with van der Waals surface area (Å²) in [4.78, 5) is 20.4. The maximum atomic E-state index is 11.6. The molecule has 8 heteroatoms. The highest BCUT2D eigenvalue weighted by Gasteiger charge is 2.27. The van der Waals surface area contributed by atoms with Gasteiger partial charge in [-0.2, -0.15) is 0 Å². The molecular weight excluding hydrogens is 298 g/mol. The second-order valence-corrected chi connectivity index (χ2v) is 6.10. The number of hydrogen-bond acceptors (Lipinski definition) is 5. The second-order valence-electron chi connectivity index (χ2n) is 4.73. The van der Waals surface area contributed by atoms with E-state index in [0.29, 0.717) is 22.8 Å². The number of nitrogens with one attached hydrogen (secondary N) is 1. The predicted octanol–water partition coefficient (Wildman–Crippen LogP) is 2.45. The summed E-state index contributed by atoms with van der Waals surface area (Å²) in [7, 11) is 0. The van der Waals surface area contributed by atoms with Crippen LogP contribution < -0.4 is 5.69 Å². The highest BCUT2D eigenvalue weighted by atomic mass is 35.5. The Balaban J connectivity index is 1.89. The fraction of sp³-hybridized carbons (Fsp3) is 0.500. The first-order chi connectivity index (χ1) is 9.67. The first kappa shape index (κ1) is 13.6. The van der Waals surface area contributed by atoms with Gasteiger partial charge in [0.25, 0.3) is 0 Å². The Labute approximate surface area is 125 Å². The van der Waals surface area contributed by atoms with Gasteiger partial charge in [-0.1, -0.05) is 18.5 Å². The molecule has 3 rings (SSSR count). The van der Waals surface area contributed by atoms with Crippen LogP contribution in [0.4, 0.5) is 0 Å². The van der Waals surface area contributed by atoms with E-state index in [-0.39, 0.29) is 5.69 Å². The standard InChI is InChI=1S/C12H14ClN5OS/c1-2-5-18-11(19)16-17-12(18)20-9-6-8(13)14-10(15-9)7-3-4-7/h6-7H,2-5H2,1H3,(H,16,19). The van der Waals surface area contributed by atoms with E-state index < -0.39 is 0 Å². The van der Waals surface area contributed by atoms with E-state index >= 15 is 0 Å². The van der Waals surface area contributed by atoms with Crippen LogP contribution in [0, 0.1) is 0 Å². The minimum absolute atomic E-state index is 0.197. The van der Waals surface area contributed by atoms with Crippen LogP contribution in [0.1, 0.15) is 37.9 Å². The van der Waals surface area contributed by atoms with Crippen LogP contribution >= 0.6 is 23.4 Å². The lowest BCUT2D eigenvalue weighted by molar-refractivity contribution is 0.603. The predicted molar refractivity (Wildman–Crippen MR) is 76.3 cm³/mol. The van der Waals surface area contributed by atoms with Crippen molar-refractivity contribution in [3.05, 3.63) is 27.5 Å². The van der Waals surface area contributed by atoms with Gasteiger partial charge in [-0.3, -0.25) is 4.57 Å². The third kappa shape index (κ3) is 2.88. The average Bonchev–Trinajstić information content (AvgIpc) is 3.20. The molecule has 2 aromatic rings. The Morgan fingerprint density at radius 3 is 3.00 bits per heavy atom. The number of hydrogen-bond donors (Lipinski definition) is 1. The maximum absolute atomic E-state index is 11.6. The van der Waals surface area contributed by atoms with E-state index in [9.17, 15) is 4.79 Å². The number of aromatic amines is 1. The van der Waals surface area contributed by atoms with E-state index in [4.69, 9.17) is 11.6 Å². The molecule has 0 saturated heterocycles. The molecule has 106 valence electrons. The van der Waals surface area contributed by atoms with E-state index in [1.807, 2.05) is 6.92 Å². The molecule has 0 bridgehead atoms. The van der Waals surface area contributed by atoms with Gasteiger partial charge >= 0.3 is 5.69 Å². The van der Waals surface area contributed by atoms with Crippen molar-refractivity contribution in [1.82, 2.24) is 24.7 Å². The van der Waals surface area contributed by atoms with Crippen LogP contribution in [-0.4, -0.2) is 24.7 Å². The molecule has 0 amide bonds. The molecule has 1 fully saturated rings. The largest absolute Gasteiger partial charge is 0.343 e. The van der Waals surface area contributed by atoms with Gasteiger partial charge in [0.15, 0.2) is 5.16 Å². The molecule has 0 atom stereocenters. The number of halogens is 1. The summed E-state index contributed by atoms with van der Waals surface area (Å²) in [6.45, 7) is 2.65. The molecule has 20 heavy (non-hydrogen) atoms. The van der Waals surface area contributed by atoms with Gasteiger partial charge in [-0.05, 0) is 31.0 Å². The van der Waals surface area contributed by atoms with Gasteiger partial charge in [-0.25, -0.2) is 19.9 Å². The normalized spacial score (nSPS) is 14.7. The first-order valence-corrected chi connectivity index (χ1v) is 7.74. The van der Waals surface area contributed by atoms with Crippen LogP contribution in [0.3, 0.4) is 0 Å². The Bertz CT molecular complexity index is 679. The van der Waals surface area contributed by atoms with Crippen LogP contribution in [0.2, 0.25) is 5.15 Å². The van der Waals surface area contributed by atoms with E-state index in [0.717, 1.165) is 30.1 Å². The Morgan fingerprint density at radius 1 is 1.50 bits per heavy atom. The topological polar surface area (TPSA) is 76.5 Å². The molecule has 0 spiro atoms. The SMILES string of the molecule is CCCn1c(Sc2cc(Cl)nc(C3CC3)n2)n[nH]c1=O. The molecule has 2 aromatic heterocycles. The third-order valence-electron chi connectivity index (χ3n) is 3.00. The van der Waals surface area contributed by atoms with Gasteiger partial charge in [0.2, 0.25) is 0 Å². The minimum Gasteiger partial charge on any atom is -0.270 e. The lowest BCUT2D eigenvalue weighted by Crippen LogP contribution is -2.17. The maximum Gasteiger partial charge on any atom is 0.343 e. The average molecular weight is 312 g/mol. The van der Waals surface area contributed by atoms with Crippen molar-refractivity contribution < 1.29 is 0 Å². The van der Waals surface area contributed by atoms with E-state index in [1.165, 1.54) is 11.8 Å². The zero-order chi connectivity index (χ0) is 14.1. The highest BCUT2D eigenvalue weighted by molar-refractivity contribution is 7.99. The van der Waals surface area contributed by atoms with Crippen molar-refractivity contribution in [3.63, 3.8) is 0 Å². The molecule has 1 aliphatic rings. The first-order valence-electron chi connectivity index (χ1n) is 6.55. The summed E-state index contributed by atoms with van der Waals surface area (Å²) >= 11 is 7.37. The quantitative estimate of drug-likeness (QED) is 0.858. The Morgan fingerprint density at radius 2 is 2.30 bits per heavy atom. The number of H-pyrrole nitrogens is 1. The fourth-order valence-electron chi connectivity index (χ4n) is 1.89. The van der Waals surface area contributed by atoms with Crippen molar-refractivity contribution >= 4 is 23.4 Å². The second kappa shape index (κ2) is 5.57. The van der Waals surface area contributed by atoms with Gasteiger partial charge < -0.3 is 0 Å². The lowest BCUT2D eigenvalue weighted by atomic mass is 10.4. The van der Waals surface area contributed by atoms with Crippen LogP contribution in [0.25, 0.3) is 0 Å². The number of rotatable bonds is 5. The van der Waals surface area contributed by atoms with Crippen molar-refractivity contribution in [2.24, 2.45) is 0 Å². The highest BCUT2D eigenvalue weighted by Crippen LogP contribution is 2.39. The molecule has 1 aliphatic carbocycles. The number of nitrogens with zero attached hydrogens (tertiary/aromatic N) is 4. The summed E-state index contributed by atoms with van der Waals surface area (Å²) in [5, 5.41) is 8.27. The molecule has 0 aliphatic heterocycles. The molecule has 0 radical (unpaired) electrons. The van der Waals surface area contributed by atoms with Crippen molar-refractivity contribution in [1.29, 1.82) is 0 Å². The summed E-state index contributed by atoms with van der Waals surface area (Å²) in [6.07, 6.45) is 3.10. The molecule has 1 N–H and O–H groups in total. The number of aromatic nitrogens is 5. The molecule has 0 aromatic carbocycles. The Kier molecular flexibility index (Phi) is 3.80. The van der Waals surface area contributed by atoms with Crippen molar-refractivity contribution in [2.45, 2.75) is 48.8 Å². The van der Waals surface area contributed by atoms with E-state index in [1.54, 1.807) is 10.6 Å². The van der Waals surface area contributed by atoms with Crippen LogP contribution in [0.15, 0.2) is 21.0 Å². The zero-order valence-corrected chi connectivity index (χ0v) is 12.5. The van der Waals surface area contributed by atoms with E-state index in [2.05, 4.69) is 20.2 Å². The van der Waals surface area contributed by atoms with Gasteiger partial charge in [-0.15, -0.1) is 5.10 Å². The lowest BCUT2D eigenvalue weighted by Gasteiger charge is -2.05. The fourth-order valence-corrected chi connectivity index (χ4v) is 3.01. The monoisotopic (exact) mass is 311 g/mol. The van der Waals surface area contributed by atoms with Crippen molar-refractivity contribution in [2.75, 3.05) is 0 Å². The summed E-state index contributed by atoms with van der Waals surface area (Å²) in [5.74, 6) is 1.23.